The summed E-state index contributed by atoms with van der Waals surface area (Å²) in [7, 11) is 0. The molecule has 0 saturated carbocycles. The monoisotopic (exact) mass is 198 g/mol. The van der Waals surface area contributed by atoms with Crippen LogP contribution in [0.3, 0.4) is 0 Å². The number of β-amino-alcohol motifs (C(OH)–C–C–N with tert-alkyl or cyclic N) is 1. The first-order chi connectivity index (χ1) is 6.62. The first-order valence-electron chi connectivity index (χ1n) is 5.30. The number of hydrogen-bond acceptors (Lipinski definition) is 3. The van der Waals surface area contributed by atoms with Crippen LogP contribution in [0.2, 0.25) is 0 Å². The predicted molar refractivity (Wildman–Crippen MR) is 52.8 cm³/mol. The van der Waals surface area contributed by atoms with Gasteiger partial charge >= 0.3 is 0 Å². The van der Waals surface area contributed by atoms with E-state index in [1.165, 1.54) is 0 Å². The summed E-state index contributed by atoms with van der Waals surface area (Å²) in [6.45, 7) is 4.96. The molecule has 2 fully saturated rings. The van der Waals surface area contributed by atoms with Crippen LogP contribution in [0.5, 0.6) is 0 Å². The van der Waals surface area contributed by atoms with Gasteiger partial charge in [0.2, 0.25) is 5.91 Å². The van der Waals surface area contributed by atoms with Crippen LogP contribution >= 0.6 is 0 Å². The van der Waals surface area contributed by atoms with Crippen LogP contribution in [0.25, 0.3) is 0 Å². The van der Waals surface area contributed by atoms with E-state index in [4.69, 9.17) is 0 Å². The third kappa shape index (κ3) is 1.64. The zero-order valence-corrected chi connectivity index (χ0v) is 8.62. The minimum absolute atomic E-state index is 0.207. The summed E-state index contributed by atoms with van der Waals surface area (Å²) >= 11 is 0. The number of aliphatic hydroxyl groups excluding tert-OH is 1. The van der Waals surface area contributed by atoms with Gasteiger partial charge in [-0.2, -0.15) is 0 Å². The van der Waals surface area contributed by atoms with Crippen molar-refractivity contribution >= 4 is 5.91 Å². The van der Waals surface area contributed by atoms with E-state index in [0.717, 1.165) is 32.5 Å². The lowest BCUT2D eigenvalue weighted by molar-refractivity contribution is -0.139. The maximum atomic E-state index is 12.1. The van der Waals surface area contributed by atoms with E-state index in [9.17, 15) is 9.90 Å². The first kappa shape index (κ1) is 9.93. The number of amides is 1. The van der Waals surface area contributed by atoms with Crippen LogP contribution in [0.4, 0.5) is 0 Å². The van der Waals surface area contributed by atoms with E-state index in [2.05, 4.69) is 5.32 Å². The highest BCUT2D eigenvalue weighted by Crippen LogP contribution is 2.28. The number of likely N-dealkylation sites (tertiary alicyclic amines) is 1. The molecule has 4 heteroatoms. The summed E-state index contributed by atoms with van der Waals surface area (Å²) in [4.78, 5) is 13.9. The van der Waals surface area contributed by atoms with E-state index >= 15 is 0 Å². The lowest BCUT2D eigenvalue weighted by Crippen LogP contribution is -2.42. The molecule has 0 spiro atoms. The maximum Gasteiger partial charge on any atom is 0.229 e. The topological polar surface area (TPSA) is 52.6 Å². The van der Waals surface area contributed by atoms with Crippen molar-refractivity contribution in [2.24, 2.45) is 5.41 Å². The summed E-state index contributed by atoms with van der Waals surface area (Å²) in [6, 6.07) is 0. The number of aliphatic hydroxyl groups is 1. The standard InChI is InChI=1S/C10H18N2O2/c1-10(3-4-11-7-10)9(14)12-5-2-8(13)6-12/h8,11,13H,2-7H2,1H3. The number of nitrogens with zero attached hydrogens (tertiary/aromatic N) is 1. The highest BCUT2D eigenvalue weighted by Gasteiger charge is 2.40. The number of nitrogens with one attached hydrogen (secondary N) is 1. The van der Waals surface area contributed by atoms with Gasteiger partial charge in [0.25, 0.3) is 0 Å². The first-order valence-corrected chi connectivity index (χ1v) is 5.30. The van der Waals surface area contributed by atoms with Crippen LogP contribution < -0.4 is 5.32 Å². The fraction of sp³-hybridized carbons (Fsp3) is 0.900. The molecule has 1 amide bonds. The highest BCUT2D eigenvalue weighted by atomic mass is 16.3. The van der Waals surface area contributed by atoms with E-state index in [0.29, 0.717) is 6.54 Å². The summed E-state index contributed by atoms with van der Waals surface area (Å²) in [5.41, 5.74) is -0.232. The van der Waals surface area contributed by atoms with Crippen LogP contribution in [-0.2, 0) is 4.79 Å². The van der Waals surface area contributed by atoms with E-state index in [1.54, 1.807) is 4.90 Å². The van der Waals surface area contributed by atoms with Crippen molar-refractivity contribution < 1.29 is 9.90 Å². The minimum Gasteiger partial charge on any atom is -0.391 e. The van der Waals surface area contributed by atoms with Crippen molar-refractivity contribution in [2.75, 3.05) is 26.2 Å². The third-order valence-corrected chi connectivity index (χ3v) is 3.34. The predicted octanol–water partition coefficient (Wildman–Crippen LogP) is -0.421. The van der Waals surface area contributed by atoms with Crippen molar-refractivity contribution in [3.8, 4) is 0 Å². The van der Waals surface area contributed by atoms with E-state index in [-0.39, 0.29) is 17.4 Å². The molecule has 2 saturated heterocycles. The average molecular weight is 198 g/mol. The number of rotatable bonds is 1. The molecule has 2 unspecified atom stereocenters. The number of hydrogen-bond donors (Lipinski definition) is 2. The third-order valence-electron chi connectivity index (χ3n) is 3.34. The molecule has 2 aliphatic rings. The maximum absolute atomic E-state index is 12.1. The molecule has 0 aromatic heterocycles. The molecule has 2 rings (SSSR count). The Morgan fingerprint density at radius 2 is 2.43 bits per heavy atom. The zero-order chi connectivity index (χ0) is 10.2. The molecule has 2 heterocycles. The van der Waals surface area contributed by atoms with Crippen molar-refractivity contribution in [1.29, 1.82) is 0 Å². The summed E-state index contributed by atoms with van der Waals surface area (Å²) < 4.78 is 0. The van der Waals surface area contributed by atoms with Crippen LogP contribution in [0.15, 0.2) is 0 Å². The van der Waals surface area contributed by atoms with Gasteiger partial charge in [-0.25, -0.2) is 0 Å². The van der Waals surface area contributed by atoms with E-state index < -0.39 is 0 Å². The lowest BCUT2D eigenvalue weighted by Gasteiger charge is -2.27. The molecule has 2 aliphatic heterocycles. The normalized spacial score (nSPS) is 37.9. The Morgan fingerprint density at radius 1 is 1.64 bits per heavy atom. The van der Waals surface area contributed by atoms with Gasteiger partial charge in [0.15, 0.2) is 0 Å². The molecule has 0 radical (unpaired) electrons. The molecular formula is C10H18N2O2. The van der Waals surface area contributed by atoms with Crippen molar-refractivity contribution in [3.63, 3.8) is 0 Å². The molecular weight excluding hydrogens is 180 g/mol. The lowest BCUT2D eigenvalue weighted by atomic mass is 9.88. The largest absolute Gasteiger partial charge is 0.391 e. The fourth-order valence-electron chi connectivity index (χ4n) is 2.31. The Hall–Kier alpha value is -0.610. The van der Waals surface area contributed by atoms with Gasteiger partial charge in [0, 0.05) is 19.6 Å². The van der Waals surface area contributed by atoms with Crippen molar-refractivity contribution in [1.82, 2.24) is 10.2 Å². The summed E-state index contributed by atoms with van der Waals surface area (Å²) in [5.74, 6) is 0.207. The van der Waals surface area contributed by atoms with Gasteiger partial charge in [0.1, 0.15) is 0 Å². The van der Waals surface area contributed by atoms with Gasteiger partial charge in [0.05, 0.1) is 11.5 Å². The Labute approximate surface area is 84.3 Å². The van der Waals surface area contributed by atoms with Crippen molar-refractivity contribution in [2.45, 2.75) is 25.9 Å². The van der Waals surface area contributed by atoms with Crippen molar-refractivity contribution in [3.05, 3.63) is 0 Å². The van der Waals surface area contributed by atoms with Gasteiger partial charge < -0.3 is 15.3 Å². The fourth-order valence-corrected chi connectivity index (χ4v) is 2.31. The van der Waals surface area contributed by atoms with Crippen LogP contribution in [0.1, 0.15) is 19.8 Å². The molecule has 4 nitrogen and oxygen atoms in total. The second-order valence-corrected chi connectivity index (χ2v) is 4.68. The molecule has 0 aromatic rings. The summed E-state index contributed by atoms with van der Waals surface area (Å²) in [6.07, 6.45) is 1.34. The van der Waals surface area contributed by atoms with Gasteiger partial charge in [-0.3, -0.25) is 4.79 Å². The molecule has 14 heavy (non-hydrogen) atoms. The molecule has 2 N–H and O–H groups in total. The summed E-state index contributed by atoms with van der Waals surface area (Å²) in [5, 5.41) is 12.6. The molecule has 0 aliphatic carbocycles. The zero-order valence-electron chi connectivity index (χ0n) is 8.62. The number of carbonyl (C=O) groups excluding carboxylic acids is 1. The second-order valence-electron chi connectivity index (χ2n) is 4.68. The van der Waals surface area contributed by atoms with E-state index in [1.807, 2.05) is 6.92 Å². The molecule has 0 aromatic carbocycles. The molecule has 2 atom stereocenters. The SMILES string of the molecule is CC1(C(=O)N2CCC(O)C2)CCNC1. The minimum atomic E-state index is -0.308. The Morgan fingerprint density at radius 3 is 2.93 bits per heavy atom. The highest BCUT2D eigenvalue weighted by molar-refractivity contribution is 5.83. The Kier molecular flexibility index (Phi) is 2.49. The molecule has 0 bridgehead atoms. The van der Waals surface area contributed by atoms with Crippen LogP contribution in [-0.4, -0.2) is 48.2 Å². The second kappa shape index (κ2) is 3.51. The average Bonchev–Trinajstić information content (AvgIpc) is 2.74. The van der Waals surface area contributed by atoms with Gasteiger partial charge in [-0.05, 0) is 26.3 Å². The Bertz CT molecular complexity index is 236. The quantitative estimate of drug-likeness (QED) is 0.601. The molecule has 80 valence electrons. The van der Waals surface area contributed by atoms with Gasteiger partial charge in [-0.15, -0.1) is 0 Å². The number of carbonyl (C=O) groups is 1. The Balaban J connectivity index is 2.00. The van der Waals surface area contributed by atoms with Crippen LogP contribution in [0, 0.1) is 5.41 Å². The van der Waals surface area contributed by atoms with Gasteiger partial charge in [-0.1, -0.05) is 0 Å². The smallest absolute Gasteiger partial charge is 0.229 e.